The Hall–Kier alpha value is -1.87. The van der Waals surface area contributed by atoms with Gasteiger partial charge >= 0.3 is 0 Å². The van der Waals surface area contributed by atoms with E-state index in [0.29, 0.717) is 12.5 Å². The van der Waals surface area contributed by atoms with E-state index < -0.39 is 6.10 Å². The highest BCUT2D eigenvalue weighted by molar-refractivity contribution is 5.31. The van der Waals surface area contributed by atoms with Crippen molar-refractivity contribution in [2.45, 2.75) is 39.4 Å². The van der Waals surface area contributed by atoms with Crippen LogP contribution >= 0.6 is 0 Å². The number of aromatic nitrogens is 1. The molecule has 1 aliphatic rings. The van der Waals surface area contributed by atoms with Crippen molar-refractivity contribution >= 4 is 0 Å². The molecular weight excluding hydrogens is 262 g/mol. The number of ether oxygens (including phenoxy) is 1. The zero-order valence-electron chi connectivity index (χ0n) is 12.5. The molecule has 1 heterocycles. The highest BCUT2D eigenvalue weighted by atomic mass is 16.5. The lowest BCUT2D eigenvalue weighted by Gasteiger charge is -2.33. The molecule has 1 aromatic carbocycles. The third-order valence-corrected chi connectivity index (χ3v) is 3.96. The Morgan fingerprint density at radius 2 is 1.95 bits per heavy atom. The third-order valence-electron chi connectivity index (χ3n) is 3.96. The average Bonchev–Trinajstić information content (AvgIpc) is 2.44. The van der Waals surface area contributed by atoms with E-state index in [2.05, 4.69) is 18.8 Å². The second kappa shape index (κ2) is 5.49. The summed E-state index contributed by atoms with van der Waals surface area (Å²) in [5.41, 5.74) is 3.11. The van der Waals surface area contributed by atoms with Gasteiger partial charge in [-0.05, 0) is 29.9 Å². The smallest absolute Gasteiger partial charge is 0.213 e. The van der Waals surface area contributed by atoms with E-state index in [9.17, 15) is 5.11 Å². The molecular formula is C18H21NO2. The minimum Gasteiger partial charge on any atom is -0.473 e. The van der Waals surface area contributed by atoms with Gasteiger partial charge in [0, 0.05) is 11.6 Å². The molecule has 1 N–H and O–H groups in total. The molecule has 3 heteroatoms. The average molecular weight is 283 g/mol. The molecule has 1 aromatic heterocycles. The van der Waals surface area contributed by atoms with Gasteiger partial charge in [-0.25, -0.2) is 4.98 Å². The molecule has 3 rings (SSSR count). The molecule has 0 radical (unpaired) electrons. The fourth-order valence-corrected chi connectivity index (χ4v) is 2.91. The van der Waals surface area contributed by atoms with Crippen LogP contribution in [-0.4, -0.2) is 10.1 Å². The molecule has 0 bridgehead atoms. The molecule has 21 heavy (non-hydrogen) atoms. The molecule has 0 fully saturated rings. The summed E-state index contributed by atoms with van der Waals surface area (Å²) in [4.78, 5) is 4.59. The molecule has 3 nitrogen and oxygen atoms in total. The second-order valence-corrected chi connectivity index (χ2v) is 6.52. The van der Waals surface area contributed by atoms with Gasteiger partial charge < -0.3 is 9.84 Å². The molecule has 2 aromatic rings. The highest BCUT2D eigenvalue weighted by Gasteiger charge is 2.32. The maximum atomic E-state index is 10.2. The van der Waals surface area contributed by atoms with Crippen LogP contribution in [0.1, 0.15) is 43.2 Å². The Balaban J connectivity index is 1.77. The molecule has 1 unspecified atom stereocenters. The second-order valence-electron chi connectivity index (χ2n) is 6.52. The van der Waals surface area contributed by atoms with Crippen molar-refractivity contribution in [1.29, 1.82) is 0 Å². The van der Waals surface area contributed by atoms with Gasteiger partial charge in [0.1, 0.15) is 6.61 Å². The Bertz CT molecular complexity index is 622. The van der Waals surface area contributed by atoms with E-state index in [4.69, 9.17) is 4.74 Å². The van der Waals surface area contributed by atoms with Crippen LogP contribution in [0, 0.1) is 5.41 Å². The lowest BCUT2D eigenvalue weighted by atomic mass is 9.75. The SMILES string of the molecule is CC1(C)Cc2nc(OCc3ccccc3)ccc2C(O)C1. The maximum Gasteiger partial charge on any atom is 0.213 e. The summed E-state index contributed by atoms with van der Waals surface area (Å²) in [5, 5.41) is 10.2. The summed E-state index contributed by atoms with van der Waals surface area (Å²) >= 11 is 0. The fourth-order valence-electron chi connectivity index (χ4n) is 2.91. The Labute approximate surface area is 125 Å². The normalized spacial score (nSPS) is 19.9. The Morgan fingerprint density at radius 1 is 1.19 bits per heavy atom. The summed E-state index contributed by atoms with van der Waals surface area (Å²) in [6.07, 6.45) is 1.24. The minimum atomic E-state index is -0.417. The summed E-state index contributed by atoms with van der Waals surface area (Å²) in [7, 11) is 0. The van der Waals surface area contributed by atoms with Gasteiger partial charge in [0.2, 0.25) is 5.88 Å². The molecule has 0 aliphatic heterocycles. The van der Waals surface area contributed by atoms with Crippen LogP contribution in [0.15, 0.2) is 42.5 Å². The van der Waals surface area contributed by atoms with Crippen LogP contribution in [0.25, 0.3) is 0 Å². The maximum absolute atomic E-state index is 10.2. The van der Waals surface area contributed by atoms with Gasteiger partial charge in [-0.15, -0.1) is 0 Å². The Kier molecular flexibility index (Phi) is 3.68. The van der Waals surface area contributed by atoms with Gasteiger partial charge in [-0.1, -0.05) is 44.2 Å². The van der Waals surface area contributed by atoms with Crippen molar-refractivity contribution < 1.29 is 9.84 Å². The summed E-state index contributed by atoms with van der Waals surface area (Å²) < 4.78 is 5.77. The number of benzene rings is 1. The molecule has 0 spiro atoms. The van der Waals surface area contributed by atoms with E-state index in [1.54, 1.807) is 0 Å². The largest absolute Gasteiger partial charge is 0.473 e. The van der Waals surface area contributed by atoms with Crippen LogP contribution in [0.3, 0.4) is 0 Å². The number of nitrogens with zero attached hydrogens (tertiary/aromatic N) is 1. The van der Waals surface area contributed by atoms with Gasteiger partial charge in [0.05, 0.1) is 11.8 Å². The quantitative estimate of drug-likeness (QED) is 0.934. The van der Waals surface area contributed by atoms with Crippen molar-refractivity contribution in [3.8, 4) is 5.88 Å². The van der Waals surface area contributed by atoms with Crippen molar-refractivity contribution in [2.24, 2.45) is 5.41 Å². The molecule has 1 atom stereocenters. The predicted molar refractivity (Wildman–Crippen MR) is 82.1 cm³/mol. The summed E-state index contributed by atoms with van der Waals surface area (Å²) in [5.74, 6) is 0.627. The lowest BCUT2D eigenvalue weighted by molar-refractivity contribution is 0.0977. The van der Waals surface area contributed by atoms with E-state index in [1.165, 1.54) is 0 Å². The monoisotopic (exact) mass is 283 g/mol. The van der Waals surface area contributed by atoms with Gasteiger partial charge in [-0.3, -0.25) is 0 Å². The van der Waals surface area contributed by atoms with Crippen molar-refractivity contribution in [2.75, 3.05) is 0 Å². The van der Waals surface area contributed by atoms with Crippen LogP contribution in [0.5, 0.6) is 5.88 Å². The first-order chi connectivity index (χ1) is 10.0. The first-order valence-electron chi connectivity index (χ1n) is 7.38. The fraction of sp³-hybridized carbons (Fsp3) is 0.389. The van der Waals surface area contributed by atoms with Crippen LogP contribution < -0.4 is 4.74 Å². The number of fused-ring (bicyclic) bond motifs is 1. The number of pyridine rings is 1. The van der Waals surface area contributed by atoms with Crippen LogP contribution in [-0.2, 0) is 13.0 Å². The van der Waals surface area contributed by atoms with E-state index in [-0.39, 0.29) is 5.41 Å². The zero-order valence-corrected chi connectivity index (χ0v) is 12.5. The number of hydrogen-bond acceptors (Lipinski definition) is 3. The van der Waals surface area contributed by atoms with E-state index >= 15 is 0 Å². The predicted octanol–water partition coefficient (Wildman–Crippen LogP) is 3.67. The highest BCUT2D eigenvalue weighted by Crippen LogP contribution is 2.40. The van der Waals surface area contributed by atoms with Crippen molar-refractivity contribution in [1.82, 2.24) is 4.98 Å². The first kappa shape index (κ1) is 14.1. The topological polar surface area (TPSA) is 42.4 Å². The van der Waals surface area contributed by atoms with Crippen LogP contribution in [0.4, 0.5) is 0 Å². The molecule has 0 saturated heterocycles. The molecule has 1 aliphatic carbocycles. The first-order valence-corrected chi connectivity index (χ1v) is 7.38. The Morgan fingerprint density at radius 3 is 2.71 bits per heavy atom. The van der Waals surface area contributed by atoms with E-state index in [1.807, 2.05) is 42.5 Å². The lowest BCUT2D eigenvalue weighted by Crippen LogP contribution is -2.26. The third kappa shape index (κ3) is 3.24. The standard InChI is InChI=1S/C18H21NO2/c1-18(2)10-15-14(16(20)11-18)8-9-17(19-15)21-12-13-6-4-3-5-7-13/h3-9,16,20H,10-12H2,1-2H3. The van der Waals surface area contributed by atoms with Gasteiger partial charge in [0.15, 0.2) is 0 Å². The number of rotatable bonds is 3. The van der Waals surface area contributed by atoms with Crippen LogP contribution in [0.2, 0.25) is 0 Å². The number of aliphatic hydroxyl groups excluding tert-OH is 1. The minimum absolute atomic E-state index is 0.0808. The molecule has 0 saturated carbocycles. The summed E-state index contributed by atoms with van der Waals surface area (Å²) in [6, 6.07) is 13.8. The van der Waals surface area contributed by atoms with Gasteiger partial charge in [-0.2, -0.15) is 0 Å². The summed E-state index contributed by atoms with van der Waals surface area (Å²) in [6.45, 7) is 4.84. The van der Waals surface area contributed by atoms with Crippen molar-refractivity contribution in [3.05, 3.63) is 59.3 Å². The van der Waals surface area contributed by atoms with E-state index in [0.717, 1.165) is 29.7 Å². The molecule has 110 valence electrons. The molecule has 0 amide bonds. The number of hydrogen-bond donors (Lipinski definition) is 1. The van der Waals surface area contributed by atoms with Gasteiger partial charge in [0.25, 0.3) is 0 Å². The number of aliphatic hydroxyl groups is 1. The van der Waals surface area contributed by atoms with Crippen molar-refractivity contribution in [3.63, 3.8) is 0 Å². The zero-order chi connectivity index (χ0) is 14.9.